The van der Waals surface area contributed by atoms with Gasteiger partial charge in [0.15, 0.2) is 0 Å². The smallest absolute Gasteiger partial charge is 0.209 e. The number of halogens is 1. The molecule has 0 bridgehead atoms. The first-order valence-electron chi connectivity index (χ1n) is 7.17. The molecular weight excluding hydrogens is 322 g/mol. The highest BCUT2D eigenvalue weighted by atomic mass is 35.5. The van der Waals surface area contributed by atoms with Gasteiger partial charge in [0.2, 0.25) is 5.16 Å². The Bertz CT molecular complexity index is 592. The lowest BCUT2D eigenvalue weighted by atomic mass is 10.2. The van der Waals surface area contributed by atoms with Crippen LogP contribution < -0.4 is 10.1 Å². The first kappa shape index (κ1) is 17.1. The largest absolute Gasteiger partial charge is 0.494 e. The van der Waals surface area contributed by atoms with Gasteiger partial charge in [-0.15, -0.1) is 5.10 Å². The van der Waals surface area contributed by atoms with Crippen LogP contribution in [0.2, 0.25) is 5.02 Å². The molecule has 1 aromatic carbocycles. The summed E-state index contributed by atoms with van der Waals surface area (Å²) >= 11 is 7.70. The van der Waals surface area contributed by atoms with Crippen LogP contribution in [0.25, 0.3) is 0 Å². The van der Waals surface area contributed by atoms with Crippen molar-refractivity contribution in [3.8, 4) is 5.75 Å². The molecule has 2 rings (SSSR count). The van der Waals surface area contributed by atoms with E-state index in [1.54, 1.807) is 16.4 Å². The van der Waals surface area contributed by atoms with Gasteiger partial charge in [0.1, 0.15) is 5.75 Å². The van der Waals surface area contributed by atoms with Crippen LogP contribution in [-0.4, -0.2) is 39.1 Å². The van der Waals surface area contributed by atoms with E-state index >= 15 is 0 Å². The van der Waals surface area contributed by atoms with Gasteiger partial charge >= 0.3 is 0 Å². The number of tetrazole rings is 1. The number of nitrogens with zero attached hydrogens (tertiary/aromatic N) is 4. The van der Waals surface area contributed by atoms with Crippen molar-refractivity contribution in [2.75, 3.05) is 18.9 Å². The maximum Gasteiger partial charge on any atom is 0.209 e. The van der Waals surface area contributed by atoms with E-state index in [-0.39, 0.29) is 0 Å². The summed E-state index contributed by atoms with van der Waals surface area (Å²) in [5.41, 5.74) is 1.08. The van der Waals surface area contributed by atoms with Gasteiger partial charge in [-0.2, -0.15) is 0 Å². The molecule has 2 aromatic rings. The highest BCUT2D eigenvalue weighted by Gasteiger charge is 2.05. The molecule has 0 aliphatic rings. The van der Waals surface area contributed by atoms with E-state index in [9.17, 15) is 0 Å². The Morgan fingerprint density at radius 3 is 3.00 bits per heavy atom. The van der Waals surface area contributed by atoms with Crippen molar-refractivity contribution in [1.29, 1.82) is 0 Å². The van der Waals surface area contributed by atoms with E-state index in [1.165, 1.54) is 0 Å². The monoisotopic (exact) mass is 341 g/mol. The lowest BCUT2D eigenvalue weighted by Crippen LogP contribution is -2.16. The van der Waals surface area contributed by atoms with Crippen LogP contribution in [0.3, 0.4) is 0 Å². The fourth-order valence-corrected chi connectivity index (χ4v) is 2.89. The normalized spacial score (nSPS) is 10.9. The molecule has 0 saturated carbocycles. The Morgan fingerprint density at radius 1 is 1.41 bits per heavy atom. The summed E-state index contributed by atoms with van der Waals surface area (Å²) in [5, 5.41) is 16.3. The molecule has 0 amide bonds. The molecular formula is C14H20ClN5OS. The molecule has 1 aromatic heterocycles. The van der Waals surface area contributed by atoms with Crippen LogP contribution in [0.5, 0.6) is 5.75 Å². The second-order valence-corrected chi connectivity index (χ2v) is 6.15. The molecule has 8 heteroatoms. The van der Waals surface area contributed by atoms with Gasteiger partial charge in [-0.1, -0.05) is 23.4 Å². The van der Waals surface area contributed by atoms with E-state index in [1.807, 2.05) is 32.2 Å². The molecule has 1 heterocycles. The van der Waals surface area contributed by atoms with E-state index < -0.39 is 0 Å². The van der Waals surface area contributed by atoms with Crippen LogP contribution in [0.1, 0.15) is 18.9 Å². The number of aromatic nitrogens is 4. The number of rotatable bonds is 9. The maximum absolute atomic E-state index is 6.04. The lowest BCUT2D eigenvalue weighted by Gasteiger charge is -2.11. The summed E-state index contributed by atoms with van der Waals surface area (Å²) in [4.78, 5) is 0. The van der Waals surface area contributed by atoms with Crippen molar-refractivity contribution >= 4 is 23.4 Å². The number of hydrogen-bond donors (Lipinski definition) is 1. The molecule has 0 radical (unpaired) electrons. The maximum atomic E-state index is 6.04. The molecule has 0 saturated heterocycles. The minimum atomic E-state index is 0.650. The molecule has 6 nitrogen and oxygen atoms in total. The Hall–Kier alpha value is -1.31. The van der Waals surface area contributed by atoms with Crippen molar-refractivity contribution in [1.82, 2.24) is 25.5 Å². The third-order valence-corrected chi connectivity index (χ3v) is 4.28. The zero-order chi connectivity index (χ0) is 15.8. The molecule has 0 spiro atoms. The van der Waals surface area contributed by atoms with Gasteiger partial charge in [0.25, 0.3) is 0 Å². The van der Waals surface area contributed by atoms with Crippen molar-refractivity contribution in [3.05, 3.63) is 28.8 Å². The lowest BCUT2D eigenvalue weighted by molar-refractivity contribution is 0.335. The number of benzene rings is 1. The minimum Gasteiger partial charge on any atom is -0.494 e. The number of nitrogens with one attached hydrogen (secondary N) is 1. The van der Waals surface area contributed by atoms with Gasteiger partial charge in [0.05, 0.1) is 6.61 Å². The van der Waals surface area contributed by atoms with Crippen LogP contribution in [0.15, 0.2) is 23.4 Å². The molecule has 0 atom stereocenters. The van der Waals surface area contributed by atoms with Gasteiger partial charge in [-0.25, -0.2) is 4.68 Å². The predicted molar refractivity (Wildman–Crippen MR) is 88.5 cm³/mol. The topological polar surface area (TPSA) is 64.9 Å². The van der Waals surface area contributed by atoms with Crippen LogP contribution in [-0.2, 0) is 13.6 Å². The predicted octanol–water partition coefficient (Wildman–Crippen LogP) is 2.53. The summed E-state index contributed by atoms with van der Waals surface area (Å²) in [5.74, 6) is 1.86. The number of aryl methyl sites for hydroxylation is 1. The fraction of sp³-hybridized carbons (Fsp3) is 0.500. The fourth-order valence-electron chi connectivity index (χ4n) is 1.91. The molecule has 22 heavy (non-hydrogen) atoms. The quantitative estimate of drug-likeness (QED) is 0.558. The molecule has 0 aliphatic heterocycles. The van der Waals surface area contributed by atoms with Gasteiger partial charge in [-0.05, 0) is 48.5 Å². The van der Waals surface area contributed by atoms with Gasteiger partial charge in [0, 0.05) is 29.9 Å². The average Bonchev–Trinajstić information content (AvgIpc) is 2.91. The Balaban J connectivity index is 1.70. The van der Waals surface area contributed by atoms with E-state index in [4.69, 9.17) is 16.3 Å². The number of hydrogen-bond acceptors (Lipinski definition) is 6. The molecule has 120 valence electrons. The second kappa shape index (κ2) is 8.97. The minimum absolute atomic E-state index is 0.650. The van der Waals surface area contributed by atoms with Crippen molar-refractivity contribution < 1.29 is 4.74 Å². The van der Waals surface area contributed by atoms with Gasteiger partial charge < -0.3 is 10.1 Å². The summed E-state index contributed by atoms with van der Waals surface area (Å²) in [6, 6.07) is 5.71. The zero-order valence-electron chi connectivity index (χ0n) is 12.8. The summed E-state index contributed by atoms with van der Waals surface area (Å²) < 4.78 is 7.28. The van der Waals surface area contributed by atoms with Crippen LogP contribution in [0.4, 0.5) is 0 Å². The third kappa shape index (κ3) is 5.15. The van der Waals surface area contributed by atoms with E-state index in [0.717, 1.165) is 46.8 Å². The van der Waals surface area contributed by atoms with E-state index in [0.29, 0.717) is 6.61 Å². The Kier molecular flexibility index (Phi) is 6.95. The summed E-state index contributed by atoms with van der Waals surface area (Å²) in [7, 11) is 1.84. The Labute approximate surface area is 139 Å². The van der Waals surface area contributed by atoms with Gasteiger partial charge in [-0.3, -0.25) is 0 Å². The van der Waals surface area contributed by atoms with Crippen molar-refractivity contribution in [2.45, 2.75) is 25.0 Å². The van der Waals surface area contributed by atoms with E-state index in [2.05, 4.69) is 20.8 Å². The third-order valence-electron chi connectivity index (χ3n) is 2.95. The van der Waals surface area contributed by atoms with Crippen LogP contribution >= 0.6 is 23.4 Å². The highest BCUT2D eigenvalue weighted by molar-refractivity contribution is 7.99. The zero-order valence-corrected chi connectivity index (χ0v) is 14.3. The number of ether oxygens (including phenoxy) is 1. The van der Waals surface area contributed by atoms with Crippen molar-refractivity contribution in [3.63, 3.8) is 0 Å². The highest BCUT2D eigenvalue weighted by Crippen LogP contribution is 2.22. The molecule has 0 aliphatic carbocycles. The Morgan fingerprint density at radius 2 is 2.27 bits per heavy atom. The summed E-state index contributed by atoms with van der Waals surface area (Å²) in [6.07, 6.45) is 1.03. The van der Waals surface area contributed by atoms with Crippen molar-refractivity contribution in [2.24, 2.45) is 7.05 Å². The second-order valence-electron chi connectivity index (χ2n) is 4.65. The molecule has 0 fully saturated rings. The first-order chi connectivity index (χ1) is 10.7. The average molecular weight is 342 g/mol. The van der Waals surface area contributed by atoms with Crippen LogP contribution in [0, 0.1) is 0 Å². The molecule has 1 N–H and O–H groups in total. The number of thioether (sulfide) groups is 1. The molecule has 0 unspecified atom stereocenters. The standard InChI is InChI=1S/C14H20ClN5OS/c1-3-21-13-6-5-12(15)9-11(13)10-16-7-4-8-22-14-17-18-19-20(14)2/h5-6,9,16H,3-4,7-8,10H2,1-2H3. The summed E-state index contributed by atoms with van der Waals surface area (Å²) in [6.45, 7) is 4.28. The first-order valence-corrected chi connectivity index (χ1v) is 8.54. The SMILES string of the molecule is CCOc1ccc(Cl)cc1CNCCCSc1nnnn1C.